The zero-order chi connectivity index (χ0) is 22.6. The van der Waals surface area contributed by atoms with Gasteiger partial charge in [0.05, 0.1) is 20.8 Å². The molecule has 8 nitrogen and oxygen atoms in total. The molecule has 1 amide bonds. The molecule has 1 saturated heterocycles. The molecule has 9 heteroatoms. The Bertz CT molecular complexity index is 724. The number of methoxy groups -OCH3 is 2. The van der Waals surface area contributed by atoms with Gasteiger partial charge in [0.1, 0.15) is 11.5 Å². The largest absolute Gasteiger partial charge is 0.497 e. The Morgan fingerprint density at radius 3 is 2.47 bits per heavy atom. The van der Waals surface area contributed by atoms with E-state index < -0.39 is 0 Å². The van der Waals surface area contributed by atoms with E-state index in [9.17, 15) is 4.79 Å². The van der Waals surface area contributed by atoms with Crippen molar-refractivity contribution in [2.45, 2.75) is 46.2 Å². The van der Waals surface area contributed by atoms with Crippen molar-refractivity contribution in [1.82, 2.24) is 20.4 Å². The molecule has 0 aromatic heterocycles. The van der Waals surface area contributed by atoms with E-state index in [0.29, 0.717) is 13.0 Å². The monoisotopic (exact) mass is 561 g/mol. The maximum atomic E-state index is 12.0. The number of aliphatic imine (C=N–C) groups is 1. The van der Waals surface area contributed by atoms with Gasteiger partial charge in [-0.05, 0) is 38.5 Å². The highest BCUT2D eigenvalue weighted by Crippen LogP contribution is 2.25. The quantitative estimate of drug-likeness (QED) is 0.260. The molecule has 1 aromatic carbocycles. The molecule has 2 N–H and O–H groups in total. The third kappa shape index (κ3) is 9.01. The fourth-order valence-corrected chi connectivity index (χ4v) is 3.50. The van der Waals surface area contributed by atoms with Crippen LogP contribution in [0.3, 0.4) is 0 Å². The molecule has 1 heterocycles. The van der Waals surface area contributed by atoms with E-state index in [0.717, 1.165) is 68.7 Å². The van der Waals surface area contributed by atoms with Crippen molar-refractivity contribution in [1.29, 1.82) is 0 Å². The number of guanidine groups is 1. The van der Waals surface area contributed by atoms with Gasteiger partial charge in [-0.1, -0.05) is 6.92 Å². The van der Waals surface area contributed by atoms with Crippen molar-refractivity contribution in [3.05, 3.63) is 23.8 Å². The van der Waals surface area contributed by atoms with Gasteiger partial charge in [-0.25, -0.2) is 0 Å². The summed E-state index contributed by atoms with van der Waals surface area (Å²) in [5.41, 5.74) is 1.13. The van der Waals surface area contributed by atoms with E-state index in [1.165, 1.54) is 0 Å². The molecular formula is C23H40IN5O3. The van der Waals surface area contributed by atoms with Gasteiger partial charge in [0.2, 0.25) is 5.91 Å². The highest BCUT2D eigenvalue weighted by atomic mass is 127. The van der Waals surface area contributed by atoms with E-state index in [1.54, 1.807) is 14.2 Å². The zero-order valence-corrected chi connectivity index (χ0v) is 22.5. The number of hydrogen-bond donors (Lipinski definition) is 2. The number of nitrogens with zero attached hydrogens (tertiary/aromatic N) is 3. The second kappa shape index (κ2) is 15.2. The van der Waals surface area contributed by atoms with Crippen LogP contribution >= 0.6 is 24.0 Å². The molecule has 1 atom stereocenters. The summed E-state index contributed by atoms with van der Waals surface area (Å²) in [6.45, 7) is 11.9. The number of carbonyl (C=O) groups is 1. The lowest BCUT2D eigenvalue weighted by Gasteiger charge is -2.36. The summed E-state index contributed by atoms with van der Waals surface area (Å²) >= 11 is 0. The van der Waals surface area contributed by atoms with Gasteiger partial charge in [-0.15, -0.1) is 24.0 Å². The van der Waals surface area contributed by atoms with Crippen molar-refractivity contribution >= 4 is 35.8 Å². The molecule has 182 valence electrons. The SMILES string of the molecule is CCNC(=NCCC(=O)NC(C)CC)N1CCN(Cc2cc(OC)ccc2OC)CC1.I. The fraction of sp³-hybridized carbons (Fsp3) is 0.652. The summed E-state index contributed by atoms with van der Waals surface area (Å²) < 4.78 is 10.9. The van der Waals surface area contributed by atoms with Crippen LogP contribution in [0.15, 0.2) is 23.2 Å². The summed E-state index contributed by atoms with van der Waals surface area (Å²) in [5.74, 6) is 2.67. The Morgan fingerprint density at radius 2 is 1.88 bits per heavy atom. The van der Waals surface area contributed by atoms with Crippen LogP contribution in [0.5, 0.6) is 11.5 Å². The lowest BCUT2D eigenvalue weighted by molar-refractivity contribution is -0.121. The van der Waals surface area contributed by atoms with Crippen molar-refractivity contribution in [3.8, 4) is 11.5 Å². The van der Waals surface area contributed by atoms with Crippen molar-refractivity contribution < 1.29 is 14.3 Å². The molecule has 1 aromatic rings. The average molecular weight is 562 g/mol. The number of rotatable bonds is 10. The van der Waals surface area contributed by atoms with Crippen LogP contribution in [-0.4, -0.2) is 81.2 Å². The minimum atomic E-state index is 0. The standard InChI is InChI=1S/C23H39N5O3.HI/c1-6-18(3)26-22(29)10-11-25-23(24-7-2)28-14-12-27(13-15-28)17-19-16-20(30-4)8-9-21(19)31-5;/h8-9,16,18H,6-7,10-15,17H2,1-5H3,(H,24,25)(H,26,29);1H. The first kappa shape index (κ1) is 28.3. The molecule has 32 heavy (non-hydrogen) atoms. The second-order valence-corrected chi connectivity index (χ2v) is 7.80. The summed E-state index contributed by atoms with van der Waals surface area (Å²) in [6.07, 6.45) is 1.35. The van der Waals surface area contributed by atoms with Crippen LogP contribution < -0.4 is 20.1 Å². The zero-order valence-electron chi connectivity index (χ0n) is 20.1. The molecule has 0 aliphatic carbocycles. The lowest BCUT2D eigenvalue weighted by Crippen LogP contribution is -2.52. The molecule has 0 bridgehead atoms. The minimum absolute atomic E-state index is 0. The Morgan fingerprint density at radius 1 is 1.16 bits per heavy atom. The first-order valence-electron chi connectivity index (χ1n) is 11.3. The third-order valence-corrected chi connectivity index (χ3v) is 5.51. The maximum absolute atomic E-state index is 12.0. The summed E-state index contributed by atoms with van der Waals surface area (Å²) in [7, 11) is 3.38. The molecule has 2 rings (SSSR count). The normalized spacial score (nSPS) is 15.5. The van der Waals surface area contributed by atoms with Crippen LogP contribution in [0.4, 0.5) is 0 Å². The third-order valence-electron chi connectivity index (χ3n) is 5.51. The number of benzene rings is 1. The molecule has 0 spiro atoms. The predicted molar refractivity (Wildman–Crippen MR) is 140 cm³/mol. The van der Waals surface area contributed by atoms with Crippen molar-refractivity contribution in [2.75, 3.05) is 53.5 Å². The molecule has 1 aliphatic heterocycles. The highest BCUT2D eigenvalue weighted by molar-refractivity contribution is 14.0. The van der Waals surface area contributed by atoms with Crippen molar-refractivity contribution in [3.63, 3.8) is 0 Å². The molecule has 0 saturated carbocycles. The Labute approximate surface area is 210 Å². The number of hydrogen-bond acceptors (Lipinski definition) is 5. The first-order valence-corrected chi connectivity index (χ1v) is 11.3. The Kier molecular flexibility index (Phi) is 13.4. The van der Waals surface area contributed by atoms with Gasteiger partial charge in [0, 0.05) is 57.3 Å². The Balaban J connectivity index is 0.00000512. The predicted octanol–water partition coefficient (Wildman–Crippen LogP) is 2.71. The van der Waals surface area contributed by atoms with Gasteiger partial charge in [-0.2, -0.15) is 0 Å². The van der Waals surface area contributed by atoms with E-state index in [4.69, 9.17) is 9.47 Å². The smallest absolute Gasteiger partial charge is 0.222 e. The van der Waals surface area contributed by atoms with E-state index >= 15 is 0 Å². The first-order chi connectivity index (χ1) is 15.0. The van der Waals surface area contributed by atoms with E-state index in [1.807, 2.05) is 25.1 Å². The molecule has 0 radical (unpaired) electrons. The van der Waals surface area contributed by atoms with E-state index in [-0.39, 0.29) is 35.9 Å². The topological polar surface area (TPSA) is 78.4 Å². The number of piperazine rings is 1. The van der Waals surface area contributed by atoms with Gasteiger partial charge < -0.3 is 25.0 Å². The van der Waals surface area contributed by atoms with Crippen LogP contribution in [0, 0.1) is 0 Å². The fourth-order valence-electron chi connectivity index (χ4n) is 3.50. The van der Waals surface area contributed by atoms with Crippen LogP contribution in [0.25, 0.3) is 0 Å². The number of carbonyl (C=O) groups excluding carboxylic acids is 1. The van der Waals surface area contributed by atoms with E-state index in [2.05, 4.69) is 39.3 Å². The van der Waals surface area contributed by atoms with Gasteiger partial charge in [-0.3, -0.25) is 14.7 Å². The van der Waals surface area contributed by atoms with Crippen LogP contribution in [0.2, 0.25) is 0 Å². The van der Waals surface area contributed by atoms with Gasteiger partial charge >= 0.3 is 0 Å². The number of nitrogens with one attached hydrogen (secondary N) is 2. The summed E-state index contributed by atoms with van der Waals surface area (Å²) in [4.78, 5) is 21.4. The maximum Gasteiger partial charge on any atom is 0.222 e. The molecule has 1 fully saturated rings. The molecule has 1 aliphatic rings. The highest BCUT2D eigenvalue weighted by Gasteiger charge is 2.21. The average Bonchev–Trinajstić information content (AvgIpc) is 2.78. The second-order valence-electron chi connectivity index (χ2n) is 7.80. The lowest BCUT2D eigenvalue weighted by atomic mass is 10.1. The number of halogens is 1. The molecule has 1 unspecified atom stereocenters. The molecular weight excluding hydrogens is 521 g/mol. The number of amides is 1. The number of ether oxygens (including phenoxy) is 2. The summed E-state index contributed by atoms with van der Waals surface area (Å²) in [6, 6.07) is 6.13. The van der Waals surface area contributed by atoms with Gasteiger partial charge in [0.25, 0.3) is 0 Å². The van der Waals surface area contributed by atoms with Crippen molar-refractivity contribution in [2.24, 2.45) is 4.99 Å². The van der Waals surface area contributed by atoms with Gasteiger partial charge in [0.15, 0.2) is 5.96 Å². The van der Waals surface area contributed by atoms with Crippen LogP contribution in [0.1, 0.15) is 39.2 Å². The van der Waals surface area contributed by atoms with Crippen LogP contribution in [-0.2, 0) is 11.3 Å². The summed E-state index contributed by atoms with van der Waals surface area (Å²) in [5, 5.41) is 6.36. The minimum Gasteiger partial charge on any atom is -0.497 e. The Hall–Kier alpha value is -1.75.